The quantitative estimate of drug-likeness (QED) is 0.662. The molecule has 70 valence electrons. The van der Waals surface area contributed by atoms with E-state index < -0.39 is 0 Å². The molecular formula is C10H14N2O. The molecule has 0 aliphatic carbocycles. The lowest BCUT2D eigenvalue weighted by Crippen LogP contribution is -2.03. The molecule has 0 radical (unpaired) electrons. The van der Waals surface area contributed by atoms with Gasteiger partial charge in [0.25, 0.3) is 0 Å². The van der Waals surface area contributed by atoms with E-state index in [0.717, 1.165) is 24.8 Å². The van der Waals surface area contributed by atoms with Crippen LogP contribution in [0.4, 0.5) is 0 Å². The average molecular weight is 178 g/mol. The Kier molecular flexibility index (Phi) is 3.55. The van der Waals surface area contributed by atoms with Crippen LogP contribution in [0.2, 0.25) is 0 Å². The number of carbonyl (C=O) groups is 1. The molecule has 0 saturated carbocycles. The number of unbranched alkanes of at least 4 members (excludes halogenated alkanes) is 1. The van der Waals surface area contributed by atoms with Crippen molar-refractivity contribution in [3.8, 4) is 0 Å². The topological polar surface area (TPSA) is 42.9 Å². The first-order valence-electron chi connectivity index (χ1n) is 4.55. The van der Waals surface area contributed by atoms with Gasteiger partial charge in [-0.1, -0.05) is 13.3 Å². The number of hydrogen-bond donors (Lipinski definition) is 0. The molecule has 0 saturated heterocycles. The van der Waals surface area contributed by atoms with Crippen LogP contribution in [0, 0.1) is 0 Å². The molecule has 1 heterocycles. The zero-order valence-corrected chi connectivity index (χ0v) is 8.08. The molecule has 1 aromatic heterocycles. The zero-order chi connectivity index (χ0) is 9.68. The summed E-state index contributed by atoms with van der Waals surface area (Å²) in [6, 6.07) is 0. The predicted octanol–water partition coefficient (Wildman–Crippen LogP) is 2.02. The van der Waals surface area contributed by atoms with Gasteiger partial charge in [0.05, 0.1) is 0 Å². The minimum Gasteiger partial charge on any atom is -0.293 e. The molecule has 1 rings (SSSR count). The highest BCUT2D eigenvalue weighted by molar-refractivity contribution is 5.93. The fourth-order valence-electron chi connectivity index (χ4n) is 1.23. The smallest absolute Gasteiger partial charge is 0.178 e. The van der Waals surface area contributed by atoms with Gasteiger partial charge < -0.3 is 0 Å². The molecule has 3 nitrogen and oxygen atoms in total. The van der Waals surface area contributed by atoms with Gasteiger partial charge in [-0.3, -0.25) is 4.79 Å². The fourth-order valence-corrected chi connectivity index (χ4v) is 1.23. The number of hydrogen-bond acceptors (Lipinski definition) is 3. The van der Waals surface area contributed by atoms with Crippen molar-refractivity contribution in [2.45, 2.75) is 33.1 Å². The van der Waals surface area contributed by atoms with Crippen LogP contribution in [0.5, 0.6) is 0 Å². The first-order valence-corrected chi connectivity index (χ1v) is 4.55. The summed E-state index contributed by atoms with van der Waals surface area (Å²) in [4.78, 5) is 19.0. The molecule has 0 unspecified atom stereocenters. The van der Waals surface area contributed by atoms with Gasteiger partial charge in [-0.15, -0.1) is 0 Å². The summed E-state index contributed by atoms with van der Waals surface area (Å²) in [5.41, 5.74) is 1.54. The molecule has 0 N–H and O–H groups in total. The normalized spacial score (nSPS) is 10.0. The van der Waals surface area contributed by atoms with Crippen LogP contribution in [0.15, 0.2) is 12.5 Å². The van der Waals surface area contributed by atoms with E-state index in [0.29, 0.717) is 5.69 Å². The summed E-state index contributed by atoms with van der Waals surface area (Å²) in [5, 5.41) is 0. The van der Waals surface area contributed by atoms with E-state index in [1.54, 1.807) is 6.20 Å². The number of aromatic nitrogens is 2. The predicted molar refractivity (Wildman–Crippen MR) is 50.6 cm³/mol. The van der Waals surface area contributed by atoms with Crippen LogP contribution in [-0.4, -0.2) is 15.8 Å². The fraction of sp³-hybridized carbons (Fsp3) is 0.500. The number of nitrogens with zero attached hydrogens (tertiary/aromatic N) is 2. The number of aryl methyl sites for hydroxylation is 1. The number of carbonyl (C=O) groups excluding carboxylic acids is 1. The minimum atomic E-state index is 0.0218. The van der Waals surface area contributed by atoms with Crippen molar-refractivity contribution in [1.82, 2.24) is 9.97 Å². The summed E-state index contributed by atoms with van der Waals surface area (Å²) in [6.07, 6.45) is 6.25. The summed E-state index contributed by atoms with van der Waals surface area (Å²) >= 11 is 0. The Morgan fingerprint density at radius 2 is 2.31 bits per heavy atom. The van der Waals surface area contributed by atoms with Crippen LogP contribution >= 0.6 is 0 Å². The highest BCUT2D eigenvalue weighted by Crippen LogP contribution is 2.08. The van der Waals surface area contributed by atoms with Gasteiger partial charge in [-0.25, -0.2) is 9.97 Å². The first-order chi connectivity index (χ1) is 6.25. The highest BCUT2D eigenvalue weighted by Gasteiger charge is 2.07. The molecule has 1 aromatic rings. The standard InChI is InChI=1S/C10H14N2O/c1-3-4-5-9-6-11-7-12-10(9)8(2)13/h6-7H,3-5H2,1-2H3. The Labute approximate surface area is 78.2 Å². The third-order valence-electron chi connectivity index (χ3n) is 1.92. The molecule has 13 heavy (non-hydrogen) atoms. The highest BCUT2D eigenvalue weighted by atomic mass is 16.1. The van der Waals surface area contributed by atoms with Gasteiger partial charge in [-0.2, -0.15) is 0 Å². The summed E-state index contributed by atoms with van der Waals surface area (Å²) in [6.45, 7) is 3.66. The summed E-state index contributed by atoms with van der Waals surface area (Å²) < 4.78 is 0. The number of Topliss-reactive ketones (excluding diaryl/α,β-unsaturated/α-hetero) is 1. The molecule has 0 aliphatic rings. The Morgan fingerprint density at radius 3 is 2.92 bits per heavy atom. The molecule has 0 aromatic carbocycles. The average Bonchev–Trinajstić information content (AvgIpc) is 2.15. The maximum absolute atomic E-state index is 11.1. The van der Waals surface area contributed by atoms with Gasteiger partial charge in [0.2, 0.25) is 0 Å². The van der Waals surface area contributed by atoms with Crippen molar-refractivity contribution < 1.29 is 4.79 Å². The summed E-state index contributed by atoms with van der Waals surface area (Å²) in [5.74, 6) is 0.0218. The second-order valence-corrected chi connectivity index (χ2v) is 3.06. The molecule has 3 heteroatoms. The van der Waals surface area contributed by atoms with Crippen molar-refractivity contribution in [2.24, 2.45) is 0 Å². The Hall–Kier alpha value is -1.25. The van der Waals surface area contributed by atoms with E-state index >= 15 is 0 Å². The van der Waals surface area contributed by atoms with Crippen LogP contribution in [0.25, 0.3) is 0 Å². The lowest BCUT2D eigenvalue weighted by Gasteiger charge is -2.02. The number of rotatable bonds is 4. The van der Waals surface area contributed by atoms with E-state index in [-0.39, 0.29) is 5.78 Å². The molecule has 0 aliphatic heterocycles. The van der Waals surface area contributed by atoms with E-state index in [9.17, 15) is 4.79 Å². The molecule has 0 spiro atoms. The monoisotopic (exact) mass is 178 g/mol. The van der Waals surface area contributed by atoms with Gasteiger partial charge in [0, 0.05) is 13.1 Å². The third-order valence-corrected chi connectivity index (χ3v) is 1.92. The number of ketones is 1. The van der Waals surface area contributed by atoms with Crippen molar-refractivity contribution in [3.05, 3.63) is 23.8 Å². The van der Waals surface area contributed by atoms with Gasteiger partial charge in [0.15, 0.2) is 5.78 Å². The maximum Gasteiger partial charge on any atom is 0.178 e. The molecule has 0 amide bonds. The van der Waals surface area contributed by atoms with E-state index in [1.165, 1.54) is 13.3 Å². The largest absolute Gasteiger partial charge is 0.293 e. The first kappa shape index (κ1) is 9.84. The van der Waals surface area contributed by atoms with Crippen molar-refractivity contribution in [3.63, 3.8) is 0 Å². The lowest BCUT2D eigenvalue weighted by atomic mass is 10.1. The third kappa shape index (κ3) is 2.61. The van der Waals surface area contributed by atoms with Gasteiger partial charge in [0.1, 0.15) is 12.0 Å². The molecular weight excluding hydrogens is 164 g/mol. The SMILES string of the molecule is CCCCc1cncnc1C(C)=O. The molecule has 0 atom stereocenters. The van der Waals surface area contributed by atoms with Gasteiger partial charge in [-0.05, 0) is 18.4 Å². The van der Waals surface area contributed by atoms with Gasteiger partial charge >= 0.3 is 0 Å². The van der Waals surface area contributed by atoms with E-state index in [2.05, 4.69) is 16.9 Å². The second-order valence-electron chi connectivity index (χ2n) is 3.06. The Balaban J connectivity index is 2.84. The second kappa shape index (κ2) is 4.70. The van der Waals surface area contributed by atoms with Crippen LogP contribution in [0.1, 0.15) is 42.7 Å². The van der Waals surface area contributed by atoms with Crippen molar-refractivity contribution >= 4 is 5.78 Å². The lowest BCUT2D eigenvalue weighted by molar-refractivity contribution is 0.101. The van der Waals surface area contributed by atoms with Crippen molar-refractivity contribution in [2.75, 3.05) is 0 Å². The molecule has 0 fully saturated rings. The Morgan fingerprint density at radius 1 is 1.54 bits per heavy atom. The summed E-state index contributed by atoms with van der Waals surface area (Å²) in [7, 11) is 0. The van der Waals surface area contributed by atoms with Crippen molar-refractivity contribution in [1.29, 1.82) is 0 Å². The zero-order valence-electron chi connectivity index (χ0n) is 8.08. The van der Waals surface area contributed by atoms with Crippen LogP contribution in [0.3, 0.4) is 0 Å². The maximum atomic E-state index is 11.1. The Bertz CT molecular complexity index is 297. The van der Waals surface area contributed by atoms with E-state index in [1.807, 2.05) is 0 Å². The minimum absolute atomic E-state index is 0.0218. The van der Waals surface area contributed by atoms with Crippen LogP contribution in [-0.2, 0) is 6.42 Å². The van der Waals surface area contributed by atoms with Crippen LogP contribution < -0.4 is 0 Å². The van der Waals surface area contributed by atoms with E-state index in [4.69, 9.17) is 0 Å². The molecule has 0 bridgehead atoms.